The zero-order valence-corrected chi connectivity index (χ0v) is 12.8. The van der Waals surface area contributed by atoms with E-state index in [-0.39, 0.29) is 6.09 Å². The van der Waals surface area contributed by atoms with E-state index in [4.69, 9.17) is 16.3 Å². The predicted octanol–water partition coefficient (Wildman–Crippen LogP) is 3.76. The third-order valence-electron chi connectivity index (χ3n) is 2.90. The van der Waals surface area contributed by atoms with Gasteiger partial charge >= 0.3 is 6.09 Å². The maximum Gasteiger partial charge on any atom is 0.410 e. The Morgan fingerprint density at radius 1 is 1.40 bits per heavy atom. The van der Waals surface area contributed by atoms with E-state index >= 15 is 0 Å². The molecule has 0 bridgehead atoms. The Balaban J connectivity index is 2.06. The van der Waals surface area contributed by atoms with E-state index in [0.29, 0.717) is 18.2 Å². The van der Waals surface area contributed by atoms with Crippen LogP contribution in [0, 0.1) is 0 Å². The van der Waals surface area contributed by atoms with Gasteiger partial charge in [-0.2, -0.15) is 0 Å². The van der Waals surface area contributed by atoms with Crippen molar-refractivity contribution in [3.05, 3.63) is 35.1 Å². The summed E-state index contributed by atoms with van der Waals surface area (Å²) in [5.74, 6) is 0. The first-order valence-electron chi connectivity index (χ1n) is 6.64. The van der Waals surface area contributed by atoms with Crippen molar-refractivity contribution in [3.63, 3.8) is 0 Å². The number of ether oxygens (including phenoxy) is 1. The Hall–Kier alpha value is -1.55. The zero-order chi connectivity index (χ0) is 14.8. The summed E-state index contributed by atoms with van der Waals surface area (Å²) in [6.45, 7) is 6.83. The fraction of sp³-hybridized carbons (Fsp3) is 0.467. The van der Waals surface area contributed by atoms with Gasteiger partial charge in [-0.15, -0.1) is 0 Å². The topological polar surface area (TPSA) is 42.4 Å². The van der Waals surface area contributed by atoms with Crippen molar-refractivity contribution in [1.82, 2.24) is 9.88 Å². The highest BCUT2D eigenvalue weighted by atomic mass is 35.5. The number of hydrogen-bond donors (Lipinski definition) is 0. The van der Waals surface area contributed by atoms with E-state index < -0.39 is 5.60 Å². The van der Waals surface area contributed by atoms with Crippen molar-refractivity contribution < 1.29 is 9.53 Å². The summed E-state index contributed by atoms with van der Waals surface area (Å²) < 4.78 is 5.40. The second kappa shape index (κ2) is 5.83. The first-order valence-corrected chi connectivity index (χ1v) is 7.02. The van der Waals surface area contributed by atoms with Gasteiger partial charge in [0.2, 0.25) is 0 Å². The highest BCUT2D eigenvalue weighted by Gasteiger charge is 2.24. The number of rotatable bonds is 1. The minimum Gasteiger partial charge on any atom is -0.444 e. The van der Waals surface area contributed by atoms with E-state index in [1.165, 1.54) is 0 Å². The van der Waals surface area contributed by atoms with Gasteiger partial charge in [0, 0.05) is 19.3 Å². The molecule has 0 aromatic carbocycles. The number of carbonyl (C=O) groups is 1. The van der Waals surface area contributed by atoms with Crippen LogP contribution < -0.4 is 0 Å². The summed E-state index contributed by atoms with van der Waals surface area (Å²) in [6.07, 6.45) is 4.40. The molecule has 5 heteroatoms. The molecule has 1 aliphatic rings. The van der Waals surface area contributed by atoms with Crippen LogP contribution in [0.4, 0.5) is 4.79 Å². The Kier molecular flexibility index (Phi) is 4.33. The number of halogens is 1. The Morgan fingerprint density at radius 2 is 2.15 bits per heavy atom. The van der Waals surface area contributed by atoms with Gasteiger partial charge in [0.25, 0.3) is 0 Å². The molecule has 108 valence electrons. The van der Waals surface area contributed by atoms with Crippen molar-refractivity contribution in [3.8, 4) is 0 Å². The fourth-order valence-electron chi connectivity index (χ4n) is 2.00. The van der Waals surface area contributed by atoms with Crippen LogP contribution >= 0.6 is 11.6 Å². The fourth-order valence-corrected chi connectivity index (χ4v) is 2.11. The summed E-state index contributed by atoms with van der Waals surface area (Å²) in [6, 6.07) is 3.67. The second-order valence-electron chi connectivity index (χ2n) is 5.79. The van der Waals surface area contributed by atoms with E-state index in [9.17, 15) is 4.79 Å². The highest BCUT2D eigenvalue weighted by Crippen LogP contribution is 2.22. The first-order chi connectivity index (χ1) is 9.35. The molecule has 1 amide bonds. The van der Waals surface area contributed by atoms with Gasteiger partial charge in [0.15, 0.2) is 0 Å². The van der Waals surface area contributed by atoms with E-state index in [1.54, 1.807) is 17.2 Å². The van der Waals surface area contributed by atoms with Crippen molar-refractivity contribution in [1.29, 1.82) is 0 Å². The smallest absolute Gasteiger partial charge is 0.410 e. The summed E-state index contributed by atoms with van der Waals surface area (Å²) in [5, 5.41) is 0.467. The van der Waals surface area contributed by atoms with E-state index in [1.807, 2.05) is 26.8 Å². The monoisotopic (exact) mass is 294 g/mol. The lowest BCUT2D eigenvalue weighted by Crippen LogP contribution is -2.39. The van der Waals surface area contributed by atoms with Crippen LogP contribution in [0.25, 0.3) is 5.57 Å². The number of amides is 1. The lowest BCUT2D eigenvalue weighted by molar-refractivity contribution is 0.0273. The molecule has 0 N–H and O–H groups in total. The molecule has 0 spiro atoms. The molecule has 4 nitrogen and oxygen atoms in total. The van der Waals surface area contributed by atoms with Crippen LogP contribution in [0.3, 0.4) is 0 Å². The molecule has 0 unspecified atom stereocenters. The minimum atomic E-state index is -0.472. The lowest BCUT2D eigenvalue weighted by atomic mass is 10.0. The van der Waals surface area contributed by atoms with Gasteiger partial charge in [-0.3, -0.25) is 0 Å². The highest BCUT2D eigenvalue weighted by molar-refractivity contribution is 6.29. The third kappa shape index (κ3) is 3.97. The summed E-state index contributed by atoms with van der Waals surface area (Å²) in [7, 11) is 0. The van der Waals surface area contributed by atoms with E-state index in [2.05, 4.69) is 11.1 Å². The number of hydrogen-bond acceptors (Lipinski definition) is 3. The lowest BCUT2D eigenvalue weighted by Gasteiger charge is -2.30. The van der Waals surface area contributed by atoms with Crippen molar-refractivity contribution in [2.24, 2.45) is 0 Å². The maximum absolute atomic E-state index is 12.1. The van der Waals surface area contributed by atoms with Crippen LogP contribution in [0.5, 0.6) is 0 Å². The molecule has 0 saturated heterocycles. The Bertz CT molecular complexity index is 518. The standard InChI is InChI=1S/C15H19ClN2O2/c1-15(2,3)20-14(19)18-8-4-5-12(10-18)11-6-7-13(16)17-9-11/h5-7,9H,4,8,10H2,1-3H3. The van der Waals surface area contributed by atoms with Gasteiger partial charge < -0.3 is 9.64 Å². The Labute approximate surface area is 124 Å². The predicted molar refractivity (Wildman–Crippen MR) is 79.6 cm³/mol. The summed E-state index contributed by atoms with van der Waals surface area (Å²) in [5.41, 5.74) is 1.59. The van der Waals surface area contributed by atoms with Gasteiger partial charge in [-0.1, -0.05) is 23.7 Å². The molecule has 0 aliphatic carbocycles. The molecule has 0 saturated carbocycles. The number of nitrogens with zero attached hydrogens (tertiary/aromatic N) is 2. The Morgan fingerprint density at radius 3 is 2.75 bits per heavy atom. The van der Waals surface area contributed by atoms with Crippen LogP contribution in [0.1, 0.15) is 32.8 Å². The van der Waals surface area contributed by atoms with Gasteiger partial charge in [-0.05, 0) is 44.4 Å². The molecule has 2 heterocycles. The summed E-state index contributed by atoms with van der Waals surface area (Å²) in [4.78, 5) is 17.9. The largest absolute Gasteiger partial charge is 0.444 e. The quantitative estimate of drug-likeness (QED) is 0.741. The van der Waals surface area contributed by atoms with Crippen LogP contribution in [0.15, 0.2) is 24.4 Å². The van der Waals surface area contributed by atoms with Gasteiger partial charge in [0.1, 0.15) is 10.8 Å². The molecule has 1 aromatic heterocycles. The number of pyridine rings is 1. The molecular formula is C15H19ClN2O2. The number of carbonyl (C=O) groups excluding carboxylic acids is 1. The van der Waals surface area contributed by atoms with Gasteiger partial charge in [0.05, 0.1) is 0 Å². The van der Waals surface area contributed by atoms with Crippen molar-refractivity contribution in [2.75, 3.05) is 13.1 Å². The maximum atomic E-state index is 12.1. The zero-order valence-electron chi connectivity index (χ0n) is 12.0. The average Bonchev–Trinajstić information content (AvgIpc) is 2.38. The SMILES string of the molecule is CC(C)(C)OC(=O)N1CCC=C(c2ccc(Cl)nc2)C1. The minimum absolute atomic E-state index is 0.273. The van der Waals surface area contributed by atoms with Crippen molar-refractivity contribution >= 4 is 23.3 Å². The third-order valence-corrected chi connectivity index (χ3v) is 3.12. The molecule has 1 aliphatic heterocycles. The molecule has 2 rings (SSSR count). The van der Waals surface area contributed by atoms with E-state index in [0.717, 1.165) is 17.6 Å². The van der Waals surface area contributed by atoms with Crippen molar-refractivity contribution in [2.45, 2.75) is 32.8 Å². The molecule has 0 fully saturated rings. The first kappa shape index (κ1) is 14.9. The molecular weight excluding hydrogens is 276 g/mol. The molecule has 0 atom stereocenters. The summed E-state index contributed by atoms with van der Waals surface area (Å²) >= 11 is 5.79. The van der Waals surface area contributed by atoms with Gasteiger partial charge in [-0.25, -0.2) is 9.78 Å². The second-order valence-corrected chi connectivity index (χ2v) is 6.18. The van der Waals surface area contributed by atoms with Crippen LogP contribution in [-0.4, -0.2) is 34.7 Å². The molecule has 0 radical (unpaired) electrons. The molecule has 1 aromatic rings. The normalized spacial score (nSPS) is 15.8. The molecule has 20 heavy (non-hydrogen) atoms. The van der Waals surface area contributed by atoms with Crippen LogP contribution in [-0.2, 0) is 4.74 Å². The average molecular weight is 295 g/mol. The van der Waals surface area contributed by atoms with Crippen LogP contribution in [0.2, 0.25) is 5.15 Å². The number of aromatic nitrogens is 1.